The SMILES string of the molecule is Cc1ccc(C)c(OCCC(=O)N2CCCC(CNC(=O)C3CCCN3)C2)c1.Cl. The van der Waals surface area contributed by atoms with E-state index in [1.807, 2.05) is 30.9 Å². The molecular weight excluding hydrogens is 390 g/mol. The number of likely N-dealkylation sites (tertiary alicyclic amines) is 1. The monoisotopic (exact) mass is 423 g/mol. The Hall–Kier alpha value is -1.79. The Kier molecular flexibility index (Phi) is 9.24. The zero-order valence-corrected chi connectivity index (χ0v) is 18.4. The van der Waals surface area contributed by atoms with Crippen LogP contribution in [0.5, 0.6) is 5.75 Å². The summed E-state index contributed by atoms with van der Waals surface area (Å²) in [5, 5.41) is 6.29. The molecule has 0 spiro atoms. The quantitative estimate of drug-likeness (QED) is 0.707. The zero-order valence-electron chi connectivity index (χ0n) is 17.5. The number of carbonyl (C=O) groups excluding carboxylic acids is 2. The van der Waals surface area contributed by atoms with Crippen molar-refractivity contribution in [3.63, 3.8) is 0 Å². The topological polar surface area (TPSA) is 70.7 Å². The molecule has 2 unspecified atom stereocenters. The van der Waals surface area contributed by atoms with Gasteiger partial charge in [0.1, 0.15) is 5.75 Å². The van der Waals surface area contributed by atoms with Crippen LogP contribution >= 0.6 is 12.4 Å². The fraction of sp³-hybridized carbons (Fsp3) is 0.636. The number of ether oxygens (including phenoxy) is 1. The van der Waals surface area contributed by atoms with Crippen LogP contribution < -0.4 is 15.4 Å². The molecule has 2 aliphatic rings. The average Bonchev–Trinajstić information content (AvgIpc) is 3.24. The fourth-order valence-electron chi connectivity index (χ4n) is 4.00. The molecule has 0 radical (unpaired) electrons. The molecule has 2 aliphatic heterocycles. The highest BCUT2D eigenvalue weighted by atomic mass is 35.5. The fourth-order valence-corrected chi connectivity index (χ4v) is 4.00. The molecule has 6 nitrogen and oxygen atoms in total. The summed E-state index contributed by atoms with van der Waals surface area (Å²) >= 11 is 0. The lowest BCUT2D eigenvalue weighted by atomic mass is 9.97. The van der Waals surface area contributed by atoms with Crippen LogP contribution in [0.4, 0.5) is 0 Å². The highest BCUT2D eigenvalue weighted by molar-refractivity contribution is 5.85. The number of benzene rings is 1. The van der Waals surface area contributed by atoms with Crippen molar-refractivity contribution in [1.29, 1.82) is 0 Å². The molecule has 3 rings (SSSR count). The van der Waals surface area contributed by atoms with E-state index >= 15 is 0 Å². The van der Waals surface area contributed by atoms with Gasteiger partial charge in [0.2, 0.25) is 11.8 Å². The number of hydrogen-bond acceptors (Lipinski definition) is 4. The molecule has 2 N–H and O–H groups in total. The number of rotatable bonds is 7. The van der Waals surface area contributed by atoms with Gasteiger partial charge in [0, 0.05) is 19.6 Å². The molecule has 2 atom stereocenters. The smallest absolute Gasteiger partial charge is 0.237 e. The van der Waals surface area contributed by atoms with E-state index in [-0.39, 0.29) is 30.3 Å². The molecule has 2 heterocycles. The normalized spacial score (nSPS) is 21.4. The van der Waals surface area contributed by atoms with E-state index in [0.717, 1.165) is 62.2 Å². The number of hydrogen-bond donors (Lipinski definition) is 2. The largest absolute Gasteiger partial charge is 0.493 e. The molecule has 2 amide bonds. The number of carbonyl (C=O) groups is 2. The number of piperidine rings is 1. The lowest BCUT2D eigenvalue weighted by Crippen LogP contribution is -2.46. The third-order valence-corrected chi connectivity index (χ3v) is 5.73. The second kappa shape index (κ2) is 11.4. The Morgan fingerprint density at radius 2 is 2.07 bits per heavy atom. The Labute approximate surface area is 180 Å². The van der Waals surface area contributed by atoms with Gasteiger partial charge in [-0.1, -0.05) is 12.1 Å². The van der Waals surface area contributed by atoms with E-state index in [1.54, 1.807) is 0 Å². The summed E-state index contributed by atoms with van der Waals surface area (Å²) in [7, 11) is 0. The maximum atomic E-state index is 12.6. The minimum atomic E-state index is -0.0384. The van der Waals surface area contributed by atoms with Crippen molar-refractivity contribution in [2.75, 3.05) is 32.8 Å². The lowest BCUT2D eigenvalue weighted by Gasteiger charge is -2.33. The molecule has 1 aromatic rings. The Morgan fingerprint density at radius 1 is 1.24 bits per heavy atom. The van der Waals surface area contributed by atoms with Crippen LogP contribution in [0, 0.1) is 19.8 Å². The van der Waals surface area contributed by atoms with Gasteiger partial charge in [0.25, 0.3) is 0 Å². The Bertz CT molecular complexity index is 692. The van der Waals surface area contributed by atoms with Gasteiger partial charge >= 0.3 is 0 Å². The van der Waals surface area contributed by atoms with Crippen LogP contribution in [0.3, 0.4) is 0 Å². The molecular formula is C22H34ClN3O3. The molecule has 7 heteroatoms. The summed E-state index contributed by atoms with van der Waals surface area (Å²) in [6.07, 6.45) is 4.42. The van der Waals surface area contributed by atoms with Crippen molar-refractivity contribution in [2.45, 2.75) is 52.0 Å². The summed E-state index contributed by atoms with van der Waals surface area (Å²) < 4.78 is 5.83. The molecule has 0 bridgehead atoms. The minimum Gasteiger partial charge on any atom is -0.493 e. The molecule has 29 heavy (non-hydrogen) atoms. The van der Waals surface area contributed by atoms with Gasteiger partial charge in [-0.2, -0.15) is 0 Å². The molecule has 0 aromatic heterocycles. The van der Waals surface area contributed by atoms with Crippen LogP contribution in [0.1, 0.15) is 43.2 Å². The van der Waals surface area contributed by atoms with Crippen molar-refractivity contribution in [3.05, 3.63) is 29.3 Å². The van der Waals surface area contributed by atoms with Crippen molar-refractivity contribution >= 4 is 24.2 Å². The van der Waals surface area contributed by atoms with Crippen molar-refractivity contribution in [3.8, 4) is 5.75 Å². The second-order valence-electron chi connectivity index (χ2n) is 8.11. The van der Waals surface area contributed by atoms with Crippen LogP contribution in [0.2, 0.25) is 0 Å². The first kappa shape index (κ1) is 23.5. The molecule has 2 fully saturated rings. The third-order valence-electron chi connectivity index (χ3n) is 5.73. The number of nitrogens with one attached hydrogen (secondary N) is 2. The van der Waals surface area contributed by atoms with E-state index in [1.165, 1.54) is 0 Å². The van der Waals surface area contributed by atoms with E-state index in [9.17, 15) is 9.59 Å². The predicted octanol–water partition coefficient (Wildman–Crippen LogP) is 2.60. The van der Waals surface area contributed by atoms with Crippen LogP contribution in [-0.4, -0.2) is 55.5 Å². The van der Waals surface area contributed by atoms with E-state index in [2.05, 4.69) is 16.7 Å². The van der Waals surface area contributed by atoms with Crippen molar-refractivity contribution < 1.29 is 14.3 Å². The molecule has 0 saturated carbocycles. The molecule has 2 saturated heterocycles. The maximum Gasteiger partial charge on any atom is 0.237 e. The standard InChI is InChI=1S/C22H33N3O3.ClH/c1-16-7-8-17(2)20(13-16)28-12-9-21(26)25-11-4-5-18(15-25)14-24-22(27)19-6-3-10-23-19;/h7-8,13,18-19,23H,3-6,9-12,14-15H2,1-2H3,(H,24,27);1H. The van der Waals surface area contributed by atoms with E-state index in [4.69, 9.17) is 4.74 Å². The van der Waals surface area contributed by atoms with Gasteiger partial charge in [-0.15, -0.1) is 12.4 Å². The van der Waals surface area contributed by atoms with Gasteiger partial charge in [0.05, 0.1) is 19.1 Å². The van der Waals surface area contributed by atoms with Crippen molar-refractivity contribution in [1.82, 2.24) is 15.5 Å². The summed E-state index contributed by atoms with van der Waals surface area (Å²) in [6, 6.07) is 6.07. The van der Waals surface area contributed by atoms with Crippen LogP contribution in [-0.2, 0) is 9.59 Å². The maximum absolute atomic E-state index is 12.6. The number of halogens is 1. The number of amides is 2. The first-order valence-corrected chi connectivity index (χ1v) is 10.5. The first-order valence-electron chi connectivity index (χ1n) is 10.5. The predicted molar refractivity (Wildman–Crippen MR) is 117 cm³/mol. The highest BCUT2D eigenvalue weighted by Crippen LogP contribution is 2.20. The number of nitrogens with zero attached hydrogens (tertiary/aromatic N) is 1. The van der Waals surface area contributed by atoms with E-state index in [0.29, 0.717) is 25.5 Å². The molecule has 0 aliphatic carbocycles. The van der Waals surface area contributed by atoms with Gasteiger partial charge in [0.15, 0.2) is 0 Å². The molecule has 1 aromatic carbocycles. The number of aryl methyl sites for hydroxylation is 2. The Balaban J connectivity index is 0.00000300. The second-order valence-corrected chi connectivity index (χ2v) is 8.11. The van der Waals surface area contributed by atoms with Gasteiger partial charge in [-0.05, 0) is 69.2 Å². The van der Waals surface area contributed by atoms with Crippen LogP contribution in [0.15, 0.2) is 18.2 Å². The molecule has 162 valence electrons. The van der Waals surface area contributed by atoms with Crippen molar-refractivity contribution in [2.24, 2.45) is 5.92 Å². The zero-order chi connectivity index (χ0) is 19.9. The summed E-state index contributed by atoms with van der Waals surface area (Å²) in [5.41, 5.74) is 2.24. The third kappa shape index (κ3) is 6.89. The van der Waals surface area contributed by atoms with Gasteiger partial charge < -0.3 is 20.3 Å². The highest BCUT2D eigenvalue weighted by Gasteiger charge is 2.26. The minimum absolute atomic E-state index is 0. The Morgan fingerprint density at radius 3 is 2.83 bits per heavy atom. The summed E-state index contributed by atoms with van der Waals surface area (Å²) in [5.74, 6) is 1.43. The van der Waals surface area contributed by atoms with Gasteiger partial charge in [-0.25, -0.2) is 0 Å². The van der Waals surface area contributed by atoms with E-state index < -0.39 is 0 Å². The summed E-state index contributed by atoms with van der Waals surface area (Å²) in [4.78, 5) is 26.7. The van der Waals surface area contributed by atoms with Gasteiger partial charge in [-0.3, -0.25) is 9.59 Å². The summed E-state index contributed by atoms with van der Waals surface area (Å²) in [6.45, 7) is 7.55. The average molecular weight is 424 g/mol. The lowest BCUT2D eigenvalue weighted by molar-refractivity contribution is -0.133. The van der Waals surface area contributed by atoms with Crippen LogP contribution in [0.25, 0.3) is 0 Å². The first-order chi connectivity index (χ1) is 13.5.